The molecule has 1 aromatic heterocycles. The van der Waals surface area contributed by atoms with Crippen LogP contribution < -0.4 is 5.73 Å². The summed E-state index contributed by atoms with van der Waals surface area (Å²) in [4.78, 5) is 1.04. The van der Waals surface area contributed by atoms with E-state index in [9.17, 15) is 0 Å². The van der Waals surface area contributed by atoms with Crippen LogP contribution in [0.2, 0.25) is 5.02 Å². The summed E-state index contributed by atoms with van der Waals surface area (Å²) in [6.07, 6.45) is 1.96. The van der Waals surface area contributed by atoms with Gasteiger partial charge in [-0.1, -0.05) is 41.6 Å². The minimum Gasteiger partial charge on any atom is -0.319 e. The van der Waals surface area contributed by atoms with E-state index in [0.29, 0.717) is 5.02 Å². The van der Waals surface area contributed by atoms with Gasteiger partial charge in [-0.3, -0.25) is 0 Å². The van der Waals surface area contributed by atoms with Crippen molar-refractivity contribution in [2.45, 2.75) is 25.8 Å². The van der Waals surface area contributed by atoms with Gasteiger partial charge in [0.15, 0.2) is 0 Å². The smallest absolute Gasteiger partial charge is 0.0807 e. The molecule has 0 fully saturated rings. The van der Waals surface area contributed by atoms with Crippen molar-refractivity contribution in [3.8, 4) is 0 Å². The summed E-state index contributed by atoms with van der Waals surface area (Å²) in [6, 6.07) is 7.43. The molecule has 0 aliphatic heterocycles. The molecule has 1 aromatic carbocycles. The molecule has 0 radical (unpaired) electrons. The lowest BCUT2D eigenvalue weighted by atomic mass is 10.0. The van der Waals surface area contributed by atoms with E-state index in [1.165, 1.54) is 11.5 Å². The van der Waals surface area contributed by atoms with Gasteiger partial charge in [0, 0.05) is 5.02 Å². The van der Waals surface area contributed by atoms with E-state index in [4.69, 9.17) is 17.3 Å². The number of nitrogens with zero attached hydrogens (tertiary/aromatic N) is 2. The first kappa shape index (κ1) is 12.5. The van der Waals surface area contributed by atoms with Crippen molar-refractivity contribution in [3.05, 3.63) is 45.4 Å². The van der Waals surface area contributed by atoms with E-state index < -0.39 is 0 Å². The highest BCUT2D eigenvalue weighted by Gasteiger charge is 2.16. The number of rotatable bonds is 4. The summed E-state index contributed by atoms with van der Waals surface area (Å²) < 4.78 is 3.99. The summed E-state index contributed by atoms with van der Waals surface area (Å²) in [6.45, 7) is 2.12. The van der Waals surface area contributed by atoms with Crippen molar-refractivity contribution in [3.63, 3.8) is 0 Å². The number of hydrogen-bond donors (Lipinski definition) is 1. The molecule has 0 saturated carbocycles. The van der Waals surface area contributed by atoms with E-state index in [0.717, 1.165) is 29.0 Å². The number of aryl methyl sites for hydroxylation is 1. The van der Waals surface area contributed by atoms with Crippen molar-refractivity contribution in [1.82, 2.24) is 9.59 Å². The Morgan fingerprint density at radius 1 is 1.47 bits per heavy atom. The van der Waals surface area contributed by atoms with Crippen LogP contribution in [0.3, 0.4) is 0 Å². The zero-order valence-electron chi connectivity index (χ0n) is 9.56. The summed E-state index contributed by atoms with van der Waals surface area (Å²) in [5, 5.41) is 4.83. The van der Waals surface area contributed by atoms with Crippen LogP contribution in [0.1, 0.15) is 35.5 Å². The number of nitrogens with two attached hydrogens (primary N) is 1. The molecule has 3 nitrogen and oxygen atoms in total. The van der Waals surface area contributed by atoms with E-state index in [-0.39, 0.29) is 6.04 Å². The Hall–Kier alpha value is -0.970. The molecule has 2 rings (SSSR count). The van der Waals surface area contributed by atoms with Crippen molar-refractivity contribution in [2.24, 2.45) is 5.73 Å². The van der Waals surface area contributed by atoms with Gasteiger partial charge in [0.2, 0.25) is 0 Å². The first-order valence-electron chi connectivity index (χ1n) is 5.54. The van der Waals surface area contributed by atoms with E-state index >= 15 is 0 Å². The van der Waals surface area contributed by atoms with Gasteiger partial charge in [-0.15, -0.1) is 5.10 Å². The molecule has 1 atom stereocenters. The minimum absolute atomic E-state index is 0.185. The lowest BCUT2D eigenvalue weighted by Crippen LogP contribution is -2.12. The zero-order chi connectivity index (χ0) is 12.3. The fourth-order valence-corrected chi connectivity index (χ4v) is 2.64. The second kappa shape index (κ2) is 5.58. The zero-order valence-corrected chi connectivity index (χ0v) is 11.1. The van der Waals surface area contributed by atoms with Gasteiger partial charge in [-0.25, -0.2) is 0 Å². The molecular formula is C12H14ClN3S. The monoisotopic (exact) mass is 267 g/mol. The molecule has 5 heteroatoms. The molecular weight excluding hydrogens is 254 g/mol. The third kappa shape index (κ3) is 2.83. The Morgan fingerprint density at radius 3 is 3.00 bits per heavy atom. The highest BCUT2D eigenvalue weighted by molar-refractivity contribution is 7.05. The van der Waals surface area contributed by atoms with Crippen LogP contribution in [0.4, 0.5) is 0 Å². The molecule has 90 valence electrons. The second-order valence-corrected chi connectivity index (χ2v) is 5.09. The van der Waals surface area contributed by atoms with Crippen molar-refractivity contribution < 1.29 is 0 Å². The van der Waals surface area contributed by atoms with Crippen molar-refractivity contribution >= 4 is 23.1 Å². The van der Waals surface area contributed by atoms with Crippen molar-refractivity contribution in [2.75, 3.05) is 0 Å². The van der Waals surface area contributed by atoms with Crippen LogP contribution in [0, 0.1) is 0 Å². The van der Waals surface area contributed by atoms with Gasteiger partial charge in [0.25, 0.3) is 0 Å². The first-order chi connectivity index (χ1) is 8.22. The van der Waals surface area contributed by atoms with Crippen LogP contribution in [0.5, 0.6) is 0 Å². The average Bonchev–Trinajstić information content (AvgIpc) is 2.77. The lowest BCUT2D eigenvalue weighted by molar-refractivity contribution is 0.814. The molecule has 1 unspecified atom stereocenters. The molecule has 0 spiro atoms. The maximum atomic E-state index is 6.23. The average molecular weight is 268 g/mol. The Balaban J connectivity index is 2.30. The number of aromatic nitrogens is 2. The van der Waals surface area contributed by atoms with Gasteiger partial charge in [-0.05, 0) is 35.6 Å². The van der Waals surface area contributed by atoms with Gasteiger partial charge in [0.05, 0.1) is 16.6 Å². The van der Waals surface area contributed by atoms with Gasteiger partial charge < -0.3 is 5.73 Å². The predicted molar refractivity (Wildman–Crippen MR) is 71.4 cm³/mol. The molecule has 0 saturated heterocycles. The fraction of sp³-hybridized carbons (Fsp3) is 0.333. The van der Waals surface area contributed by atoms with E-state index in [1.54, 1.807) is 0 Å². The summed E-state index contributed by atoms with van der Waals surface area (Å²) >= 11 is 7.34. The maximum absolute atomic E-state index is 6.23. The molecule has 0 aliphatic rings. The summed E-state index contributed by atoms with van der Waals surface area (Å²) in [5.41, 5.74) is 8.24. The van der Waals surface area contributed by atoms with Crippen molar-refractivity contribution in [1.29, 1.82) is 0 Å². The van der Waals surface area contributed by atoms with Gasteiger partial charge in [-0.2, -0.15) is 0 Å². The highest BCUT2D eigenvalue weighted by atomic mass is 35.5. The lowest BCUT2D eigenvalue weighted by Gasteiger charge is -2.11. The Bertz CT molecular complexity index is 498. The van der Waals surface area contributed by atoms with Crippen LogP contribution >= 0.6 is 23.1 Å². The molecule has 2 aromatic rings. The Morgan fingerprint density at radius 2 is 2.29 bits per heavy atom. The third-order valence-electron chi connectivity index (χ3n) is 2.56. The van der Waals surface area contributed by atoms with E-state index in [1.807, 2.05) is 24.3 Å². The first-order valence-corrected chi connectivity index (χ1v) is 6.69. The number of benzene rings is 1. The van der Waals surface area contributed by atoms with Crippen LogP contribution in [-0.4, -0.2) is 9.59 Å². The Labute approximate surface area is 110 Å². The standard InChI is InChI=1S/C12H14ClN3S/c1-2-4-10-12(17-16-15-10)11(14)8-5-3-6-9(13)7-8/h3,5-7,11H,2,4,14H2,1H3. The normalized spacial score (nSPS) is 12.6. The Kier molecular flexibility index (Phi) is 4.10. The summed E-state index contributed by atoms with van der Waals surface area (Å²) in [5.74, 6) is 0. The van der Waals surface area contributed by atoms with Gasteiger partial charge >= 0.3 is 0 Å². The minimum atomic E-state index is -0.185. The SMILES string of the molecule is CCCc1nnsc1C(N)c1cccc(Cl)c1. The largest absolute Gasteiger partial charge is 0.319 e. The third-order valence-corrected chi connectivity index (χ3v) is 3.65. The molecule has 2 N–H and O–H groups in total. The maximum Gasteiger partial charge on any atom is 0.0807 e. The number of halogens is 1. The van der Waals surface area contributed by atoms with Gasteiger partial charge in [0.1, 0.15) is 0 Å². The molecule has 0 aliphatic carbocycles. The van der Waals surface area contributed by atoms with Crippen LogP contribution in [0.25, 0.3) is 0 Å². The van der Waals surface area contributed by atoms with Crippen LogP contribution in [-0.2, 0) is 6.42 Å². The molecule has 17 heavy (non-hydrogen) atoms. The van der Waals surface area contributed by atoms with Crippen LogP contribution in [0.15, 0.2) is 24.3 Å². The molecule has 0 amide bonds. The molecule has 1 heterocycles. The quantitative estimate of drug-likeness (QED) is 0.926. The summed E-state index contributed by atoms with van der Waals surface area (Å²) in [7, 11) is 0. The topological polar surface area (TPSA) is 51.8 Å². The predicted octanol–water partition coefficient (Wildman–Crippen LogP) is 3.19. The second-order valence-electron chi connectivity index (χ2n) is 3.87. The number of hydrogen-bond acceptors (Lipinski definition) is 4. The highest BCUT2D eigenvalue weighted by Crippen LogP contribution is 2.27. The van der Waals surface area contributed by atoms with E-state index in [2.05, 4.69) is 16.5 Å². The molecule has 0 bridgehead atoms. The fourth-order valence-electron chi connectivity index (χ4n) is 1.71.